The first-order chi connectivity index (χ1) is 11.6. The van der Waals surface area contributed by atoms with Crippen LogP contribution in [0.4, 0.5) is 0 Å². The van der Waals surface area contributed by atoms with Crippen LogP contribution in [0.1, 0.15) is 89.9 Å². The predicted molar refractivity (Wildman–Crippen MR) is 96.3 cm³/mol. The minimum atomic E-state index is -0.836. The van der Waals surface area contributed by atoms with Crippen LogP contribution in [0.2, 0.25) is 0 Å². The first-order valence-electron chi connectivity index (χ1n) is 10.5. The molecule has 0 radical (unpaired) electrons. The van der Waals surface area contributed by atoms with Gasteiger partial charge in [-0.15, -0.1) is 0 Å². The SMILES string of the molecule is OC1(C#CC2(O)CCC3CCCCC3C2)CCC2CCCCC2C1. The van der Waals surface area contributed by atoms with Gasteiger partial charge in [-0.25, -0.2) is 0 Å². The van der Waals surface area contributed by atoms with Crippen LogP contribution >= 0.6 is 0 Å². The molecule has 0 saturated heterocycles. The van der Waals surface area contributed by atoms with Crippen molar-refractivity contribution in [2.24, 2.45) is 23.7 Å². The molecule has 6 unspecified atom stereocenters. The molecule has 0 amide bonds. The smallest absolute Gasteiger partial charge is 0.125 e. The Kier molecular flexibility index (Phi) is 4.69. The molecule has 2 nitrogen and oxygen atoms in total. The third-order valence-corrected chi connectivity index (χ3v) is 7.72. The van der Waals surface area contributed by atoms with Gasteiger partial charge in [0.05, 0.1) is 0 Å². The van der Waals surface area contributed by atoms with Crippen LogP contribution in [0.5, 0.6) is 0 Å². The van der Waals surface area contributed by atoms with Gasteiger partial charge >= 0.3 is 0 Å². The summed E-state index contributed by atoms with van der Waals surface area (Å²) >= 11 is 0. The molecular formula is C22H34O2. The molecule has 0 bridgehead atoms. The fraction of sp³-hybridized carbons (Fsp3) is 0.909. The molecule has 0 heterocycles. The lowest BCUT2D eigenvalue weighted by molar-refractivity contribution is -0.00950. The maximum Gasteiger partial charge on any atom is 0.125 e. The highest BCUT2D eigenvalue weighted by atomic mass is 16.3. The molecule has 4 aliphatic rings. The minimum absolute atomic E-state index is 0.663. The van der Waals surface area contributed by atoms with Gasteiger partial charge in [0.25, 0.3) is 0 Å². The first-order valence-corrected chi connectivity index (χ1v) is 10.5. The summed E-state index contributed by atoms with van der Waals surface area (Å²) in [6, 6.07) is 0. The first kappa shape index (κ1) is 16.9. The van der Waals surface area contributed by atoms with Gasteiger partial charge in [-0.2, -0.15) is 0 Å². The molecular weight excluding hydrogens is 296 g/mol. The predicted octanol–water partition coefficient (Wildman–Crippen LogP) is 4.43. The normalized spacial score (nSPS) is 48.6. The van der Waals surface area contributed by atoms with E-state index in [1.54, 1.807) is 0 Å². The van der Waals surface area contributed by atoms with E-state index in [0.717, 1.165) is 50.4 Å². The summed E-state index contributed by atoms with van der Waals surface area (Å²) in [5, 5.41) is 22.0. The molecule has 0 aromatic carbocycles. The van der Waals surface area contributed by atoms with E-state index in [9.17, 15) is 10.2 Å². The number of hydrogen-bond donors (Lipinski definition) is 2. The van der Waals surface area contributed by atoms with Crippen molar-refractivity contribution >= 4 is 0 Å². The van der Waals surface area contributed by atoms with Crippen LogP contribution in [0.25, 0.3) is 0 Å². The van der Waals surface area contributed by atoms with E-state index in [4.69, 9.17) is 0 Å². The van der Waals surface area contributed by atoms with Gasteiger partial charge in [0, 0.05) is 0 Å². The molecule has 0 aliphatic heterocycles. The summed E-state index contributed by atoms with van der Waals surface area (Å²) < 4.78 is 0. The third kappa shape index (κ3) is 3.54. The Labute approximate surface area is 147 Å². The van der Waals surface area contributed by atoms with Crippen LogP contribution in [0, 0.1) is 35.5 Å². The van der Waals surface area contributed by atoms with Gasteiger partial charge < -0.3 is 10.2 Å². The Hall–Kier alpha value is -0.520. The highest BCUT2D eigenvalue weighted by molar-refractivity contribution is 5.23. The highest BCUT2D eigenvalue weighted by Crippen LogP contribution is 2.46. The maximum absolute atomic E-state index is 11.0. The van der Waals surface area contributed by atoms with Gasteiger partial charge in [-0.05, 0) is 62.2 Å². The van der Waals surface area contributed by atoms with Crippen molar-refractivity contribution in [3.63, 3.8) is 0 Å². The summed E-state index contributed by atoms with van der Waals surface area (Å²) in [6.45, 7) is 0. The van der Waals surface area contributed by atoms with Gasteiger partial charge in [0.15, 0.2) is 0 Å². The topological polar surface area (TPSA) is 40.5 Å². The van der Waals surface area contributed by atoms with E-state index in [0.29, 0.717) is 11.8 Å². The molecule has 0 aromatic rings. The van der Waals surface area contributed by atoms with E-state index in [1.165, 1.54) is 51.4 Å². The Morgan fingerprint density at radius 3 is 1.33 bits per heavy atom. The number of rotatable bonds is 0. The van der Waals surface area contributed by atoms with Crippen molar-refractivity contribution in [3.05, 3.63) is 0 Å². The summed E-state index contributed by atoms with van der Waals surface area (Å²) in [6.07, 6.45) is 16.1. The zero-order valence-electron chi connectivity index (χ0n) is 15.1. The average molecular weight is 331 g/mol. The number of fused-ring (bicyclic) bond motifs is 2. The number of hydrogen-bond acceptors (Lipinski definition) is 2. The second-order valence-corrected chi connectivity index (χ2v) is 9.41. The van der Waals surface area contributed by atoms with Crippen LogP contribution < -0.4 is 0 Å². The summed E-state index contributed by atoms with van der Waals surface area (Å²) in [5.41, 5.74) is -1.67. The largest absolute Gasteiger partial charge is 0.378 e. The molecule has 2 heteroatoms. The molecule has 0 aromatic heterocycles. The van der Waals surface area contributed by atoms with Gasteiger partial charge in [-0.1, -0.05) is 63.2 Å². The van der Waals surface area contributed by atoms with Crippen molar-refractivity contribution in [2.45, 2.75) is 101 Å². The Morgan fingerprint density at radius 2 is 0.917 bits per heavy atom. The Morgan fingerprint density at radius 1 is 0.542 bits per heavy atom. The lowest BCUT2D eigenvalue weighted by Crippen LogP contribution is -2.42. The molecule has 24 heavy (non-hydrogen) atoms. The second-order valence-electron chi connectivity index (χ2n) is 9.41. The zero-order valence-corrected chi connectivity index (χ0v) is 15.1. The Bertz CT molecular complexity index is 474. The van der Waals surface area contributed by atoms with Crippen molar-refractivity contribution in [2.75, 3.05) is 0 Å². The quantitative estimate of drug-likeness (QED) is 0.645. The molecule has 0 spiro atoms. The number of aliphatic hydroxyl groups is 2. The van der Waals surface area contributed by atoms with Crippen molar-refractivity contribution in [3.8, 4) is 11.8 Å². The summed E-state index contributed by atoms with van der Waals surface area (Å²) in [4.78, 5) is 0. The highest BCUT2D eigenvalue weighted by Gasteiger charge is 2.42. The maximum atomic E-state index is 11.0. The van der Waals surface area contributed by atoms with Crippen molar-refractivity contribution in [1.82, 2.24) is 0 Å². The van der Waals surface area contributed by atoms with Crippen LogP contribution in [0.3, 0.4) is 0 Å². The van der Waals surface area contributed by atoms with Crippen LogP contribution in [0.15, 0.2) is 0 Å². The average Bonchev–Trinajstić information content (AvgIpc) is 2.60. The lowest BCUT2D eigenvalue weighted by atomic mass is 9.65. The molecule has 4 fully saturated rings. The van der Waals surface area contributed by atoms with Gasteiger partial charge in [0.2, 0.25) is 0 Å². The third-order valence-electron chi connectivity index (χ3n) is 7.72. The van der Waals surface area contributed by atoms with Gasteiger partial charge in [-0.3, -0.25) is 0 Å². The van der Waals surface area contributed by atoms with Crippen LogP contribution in [-0.2, 0) is 0 Å². The fourth-order valence-electron chi connectivity index (χ4n) is 6.25. The molecule has 2 N–H and O–H groups in total. The monoisotopic (exact) mass is 330 g/mol. The van der Waals surface area contributed by atoms with E-state index < -0.39 is 11.2 Å². The minimum Gasteiger partial charge on any atom is -0.378 e. The van der Waals surface area contributed by atoms with Gasteiger partial charge in [0.1, 0.15) is 11.2 Å². The van der Waals surface area contributed by atoms with E-state index in [-0.39, 0.29) is 0 Å². The van der Waals surface area contributed by atoms with Crippen molar-refractivity contribution < 1.29 is 10.2 Å². The van der Waals surface area contributed by atoms with E-state index in [2.05, 4.69) is 11.8 Å². The molecule has 4 saturated carbocycles. The van der Waals surface area contributed by atoms with Crippen molar-refractivity contribution in [1.29, 1.82) is 0 Å². The molecule has 4 rings (SSSR count). The second kappa shape index (κ2) is 6.65. The molecule has 134 valence electrons. The summed E-state index contributed by atoms with van der Waals surface area (Å²) in [7, 11) is 0. The van der Waals surface area contributed by atoms with E-state index >= 15 is 0 Å². The lowest BCUT2D eigenvalue weighted by Gasteiger charge is -2.43. The summed E-state index contributed by atoms with van der Waals surface area (Å²) in [5.74, 6) is 9.35. The van der Waals surface area contributed by atoms with Crippen LogP contribution in [-0.4, -0.2) is 21.4 Å². The zero-order chi connectivity index (χ0) is 16.6. The van der Waals surface area contributed by atoms with E-state index in [1.807, 2.05) is 0 Å². The molecule has 6 atom stereocenters. The molecule has 4 aliphatic carbocycles. The fourth-order valence-corrected chi connectivity index (χ4v) is 6.25. The Balaban J connectivity index is 1.43. The standard InChI is InChI=1S/C22H34O2/c23-21(11-9-17-5-1-3-7-19(17)15-21)13-14-22(24)12-10-18-6-2-4-8-20(18)16-22/h17-20,23-24H,1-12,15-16H2.